The molecule has 0 heterocycles. The van der Waals surface area contributed by atoms with Crippen LogP contribution in [-0.4, -0.2) is 42.0 Å². The predicted octanol–water partition coefficient (Wildman–Crippen LogP) is 5.12. The van der Waals surface area contributed by atoms with Gasteiger partial charge in [-0.3, -0.25) is 9.59 Å². The molecule has 2 aromatic rings. The molecule has 2 amide bonds. The topological polar surface area (TPSA) is 67.9 Å². The molecule has 0 unspecified atom stereocenters. The highest BCUT2D eigenvalue weighted by Crippen LogP contribution is 2.26. The van der Waals surface area contributed by atoms with Gasteiger partial charge in [0.25, 0.3) is 5.91 Å². The lowest BCUT2D eigenvalue weighted by molar-refractivity contribution is -0.143. The van der Waals surface area contributed by atoms with Crippen molar-refractivity contribution in [3.05, 3.63) is 58.1 Å². The lowest BCUT2D eigenvalue weighted by Crippen LogP contribution is -2.54. The predicted molar refractivity (Wildman–Crippen MR) is 135 cm³/mol. The van der Waals surface area contributed by atoms with Gasteiger partial charge in [-0.1, -0.05) is 32.0 Å². The van der Waals surface area contributed by atoms with E-state index in [1.165, 1.54) is 5.56 Å². The van der Waals surface area contributed by atoms with E-state index in [0.717, 1.165) is 16.5 Å². The van der Waals surface area contributed by atoms with Gasteiger partial charge in [0.1, 0.15) is 17.5 Å². The third kappa shape index (κ3) is 8.07. The first-order valence-electron chi connectivity index (χ1n) is 11.2. The van der Waals surface area contributed by atoms with Gasteiger partial charge in [-0.25, -0.2) is 0 Å². The van der Waals surface area contributed by atoms with Gasteiger partial charge in [0.05, 0.1) is 11.6 Å². The molecule has 0 aliphatic rings. The summed E-state index contributed by atoms with van der Waals surface area (Å²) in [6.07, 6.45) is 1.39. The van der Waals surface area contributed by atoms with Crippen molar-refractivity contribution in [1.29, 1.82) is 0 Å². The number of carbonyl (C=O) groups excluding carboxylic acids is 2. The molecule has 0 aliphatic heterocycles. The van der Waals surface area contributed by atoms with E-state index in [1.54, 1.807) is 12.0 Å². The Morgan fingerprint density at radius 1 is 1.09 bits per heavy atom. The van der Waals surface area contributed by atoms with E-state index in [1.807, 2.05) is 70.2 Å². The number of hydrogen-bond donors (Lipinski definition) is 1. The highest BCUT2D eigenvalue weighted by molar-refractivity contribution is 9.10. The molecule has 0 radical (unpaired) electrons. The summed E-state index contributed by atoms with van der Waals surface area (Å²) in [4.78, 5) is 28.0. The van der Waals surface area contributed by atoms with Gasteiger partial charge in [-0.2, -0.15) is 0 Å². The lowest BCUT2D eigenvalue weighted by atomic mass is 10.1. The van der Waals surface area contributed by atoms with Crippen LogP contribution in [-0.2, 0) is 22.6 Å². The number of halogens is 1. The van der Waals surface area contributed by atoms with Crippen molar-refractivity contribution in [1.82, 2.24) is 10.2 Å². The summed E-state index contributed by atoms with van der Waals surface area (Å²) >= 11 is 3.52. The normalized spacial score (nSPS) is 12.1. The fourth-order valence-electron chi connectivity index (χ4n) is 3.44. The van der Waals surface area contributed by atoms with E-state index in [0.29, 0.717) is 17.9 Å². The van der Waals surface area contributed by atoms with Crippen molar-refractivity contribution >= 4 is 27.7 Å². The zero-order valence-electron chi connectivity index (χ0n) is 20.4. The first-order valence-corrected chi connectivity index (χ1v) is 12.0. The maximum atomic E-state index is 13.4. The maximum Gasteiger partial charge on any atom is 0.261 e. The standard InChI is InChI=1S/C26H35BrN2O4/c1-7-18-12-13-23(21(27)15-18)33-17-24(30)29(16-19-10-9-11-20(14-19)32-6)22(8-2)25(31)28-26(3,4)5/h9-15,22H,7-8,16-17H2,1-6H3,(H,28,31)/t22-/m0/s1. The number of aryl methyl sites for hydroxylation is 1. The summed E-state index contributed by atoms with van der Waals surface area (Å²) in [7, 11) is 1.60. The molecule has 0 saturated heterocycles. The second kappa shape index (κ2) is 12.1. The molecule has 2 aromatic carbocycles. The molecule has 0 aliphatic carbocycles. The summed E-state index contributed by atoms with van der Waals surface area (Å²) in [5.74, 6) is 0.840. The van der Waals surface area contributed by atoms with E-state index < -0.39 is 11.6 Å². The molecule has 33 heavy (non-hydrogen) atoms. The quantitative estimate of drug-likeness (QED) is 0.473. The first-order chi connectivity index (χ1) is 15.6. The lowest BCUT2D eigenvalue weighted by Gasteiger charge is -2.33. The van der Waals surface area contributed by atoms with Crippen molar-refractivity contribution in [3.63, 3.8) is 0 Å². The molecule has 0 saturated carbocycles. The molecule has 2 rings (SSSR count). The van der Waals surface area contributed by atoms with Crippen LogP contribution in [0.25, 0.3) is 0 Å². The van der Waals surface area contributed by atoms with Crippen LogP contribution in [0.2, 0.25) is 0 Å². The second-order valence-electron chi connectivity index (χ2n) is 8.94. The van der Waals surface area contributed by atoms with Gasteiger partial charge in [0.15, 0.2) is 6.61 Å². The van der Waals surface area contributed by atoms with Gasteiger partial charge >= 0.3 is 0 Å². The van der Waals surface area contributed by atoms with Gasteiger partial charge in [0.2, 0.25) is 5.91 Å². The third-order valence-corrected chi connectivity index (χ3v) is 5.75. The number of rotatable bonds is 10. The number of carbonyl (C=O) groups is 2. The van der Waals surface area contributed by atoms with Crippen molar-refractivity contribution in [2.75, 3.05) is 13.7 Å². The molecular weight excluding hydrogens is 484 g/mol. The van der Waals surface area contributed by atoms with Gasteiger partial charge in [-0.05, 0) is 84.9 Å². The van der Waals surface area contributed by atoms with Gasteiger partial charge < -0.3 is 19.7 Å². The van der Waals surface area contributed by atoms with Crippen LogP contribution >= 0.6 is 15.9 Å². The van der Waals surface area contributed by atoms with E-state index >= 15 is 0 Å². The van der Waals surface area contributed by atoms with Gasteiger partial charge in [0, 0.05) is 12.1 Å². The second-order valence-corrected chi connectivity index (χ2v) is 9.80. The summed E-state index contributed by atoms with van der Waals surface area (Å²) in [6.45, 7) is 9.85. The Morgan fingerprint density at radius 2 is 1.82 bits per heavy atom. The van der Waals surface area contributed by atoms with Crippen molar-refractivity contribution in [2.24, 2.45) is 0 Å². The van der Waals surface area contributed by atoms with Crippen LogP contribution in [0.3, 0.4) is 0 Å². The minimum Gasteiger partial charge on any atom is -0.497 e. The average Bonchev–Trinajstić information content (AvgIpc) is 2.76. The highest BCUT2D eigenvalue weighted by atomic mass is 79.9. The molecule has 0 aromatic heterocycles. The van der Waals surface area contributed by atoms with Crippen molar-refractivity contribution in [2.45, 2.75) is 65.6 Å². The first kappa shape index (κ1) is 26.7. The largest absolute Gasteiger partial charge is 0.497 e. The number of benzene rings is 2. The Balaban J connectivity index is 2.27. The average molecular weight is 519 g/mol. The zero-order chi connectivity index (χ0) is 24.6. The minimum absolute atomic E-state index is 0.173. The van der Waals surface area contributed by atoms with Crippen molar-refractivity contribution < 1.29 is 19.1 Å². The van der Waals surface area contributed by atoms with E-state index in [4.69, 9.17) is 9.47 Å². The minimum atomic E-state index is -0.627. The molecule has 0 spiro atoms. The van der Waals surface area contributed by atoms with Crippen LogP contribution in [0.1, 0.15) is 52.2 Å². The Labute approximate surface area is 205 Å². The Hall–Kier alpha value is -2.54. The van der Waals surface area contributed by atoms with Crippen LogP contribution in [0.15, 0.2) is 46.9 Å². The Kier molecular flexibility index (Phi) is 9.77. The molecule has 0 fully saturated rings. The summed E-state index contributed by atoms with van der Waals surface area (Å²) < 4.78 is 12.0. The number of nitrogens with one attached hydrogen (secondary N) is 1. The van der Waals surface area contributed by atoms with Crippen LogP contribution in [0.5, 0.6) is 11.5 Å². The third-order valence-electron chi connectivity index (χ3n) is 5.13. The van der Waals surface area contributed by atoms with E-state index in [-0.39, 0.29) is 25.0 Å². The van der Waals surface area contributed by atoms with Crippen LogP contribution in [0, 0.1) is 0 Å². The number of nitrogens with zero attached hydrogens (tertiary/aromatic N) is 1. The number of hydrogen-bond acceptors (Lipinski definition) is 4. The van der Waals surface area contributed by atoms with E-state index in [2.05, 4.69) is 28.2 Å². The monoisotopic (exact) mass is 518 g/mol. The molecular formula is C26H35BrN2O4. The number of methoxy groups -OCH3 is 1. The molecule has 180 valence electrons. The molecule has 1 N–H and O–H groups in total. The SMILES string of the molecule is CCc1ccc(OCC(=O)N(Cc2cccc(OC)c2)[C@@H](CC)C(=O)NC(C)(C)C)c(Br)c1. The van der Waals surface area contributed by atoms with Crippen LogP contribution < -0.4 is 14.8 Å². The smallest absolute Gasteiger partial charge is 0.261 e. The van der Waals surface area contributed by atoms with E-state index in [9.17, 15) is 9.59 Å². The van der Waals surface area contributed by atoms with Gasteiger partial charge in [-0.15, -0.1) is 0 Å². The molecule has 0 bridgehead atoms. The molecule has 1 atom stereocenters. The molecule has 7 heteroatoms. The van der Waals surface area contributed by atoms with Crippen molar-refractivity contribution in [3.8, 4) is 11.5 Å². The fourth-order valence-corrected chi connectivity index (χ4v) is 3.98. The maximum absolute atomic E-state index is 13.4. The summed E-state index contributed by atoms with van der Waals surface area (Å²) in [5.41, 5.74) is 1.64. The summed E-state index contributed by atoms with van der Waals surface area (Å²) in [6, 6.07) is 12.7. The zero-order valence-corrected chi connectivity index (χ0v) is 22.0. The molecule has 6 nitrogen and oxygen atoms in total. The highest BCUT2D eigenvalue weighted by Gasteiger charge is 2.31. The summed E-state index contributed by atoms with van der Waals surface area (Å²) in [5, 5.41) is 3.00. The van der Waals surface area contributed by atoms with Crippen LogP contribution in [0.4, 0.5) is 0 Å². The Bertz CT molecular complexity index is 956. The number of amides is 2. The number of ether oxygens (including phenoxy) is 2. The fraction of sp³-hybridized carbons (Fsp3) is 0.462. The Morgan fingerprint density at radius 3 is 2.39 bits per heavy atom.